The Kier molecular flexibility index (Phi) is 6.41. The minimum Gasteiger partial charge on any atom is -0.457 e. The van der Waals surface area contributed by atoms with Crippen LogP contribution in [0, 0.1) is 20.2 Å². The molecule has 9 heteroatoms. The van der Waals surface area contributed by atoms with Crippen molar-refractivity contribution in [3.8, 4) is 11.5 Å². The number of non-ortho nitro benzene ring substituents is 2. The molecule has 0 aliphatic rings. The van der Waals surface area contributed by atoms with E-state index in [1.807, 2.05) is 0 Å². The van der Waals surface area contributed by atoms with Gasteiger partial charge in [-0.2, -0.15) is 0 Å². The number of hydrogen-bond acceptors (Lipinski definition) is 7. The van der Waals surface area contributed by atoms with Crippen LogP contribution in [0.25, 0.3) is 0 Å². The van der Waals surface area contributed by atoms with Crippen LogP contribution in [0.5, 0.6) is 11.5 Å². The minimum atomic E-state index is -0.529. The van der Waals surface area contributed by atoms with Crippen molar-refractivity contribution in [2.24, 2.45) is 0 Å². The molecule has 9 nitrogen and oxygen atoms in total. The summed E-state index contributed by atoms with van der Waals surface area (Å²) in [6.07, 6.45) is 0. The second-order valence-corrected chi connectivity index (χ2v) is 7.42. The number of nitrogens with zero attached hydrogens (tertiary/aromatic N) is 2. The topological polar surface area (TPSA) is 130 Å². The third-order valence-electron chi connectivity index (χ3n) is 5.15. The highest BCUT2D eigenvalue weighted by atomic mass is 16.6. The van der Waals surface area contributed by atoms with Gasteiger partial charge in [0.1, 0.15) is 11.5 Å². The summed E-state index contributed by atoms with van der Waals surface area (Å²) in [7, 11) is 0. The molecule has 0 radical (unpaired) electrons. The van der Waals surface area contributed by atoms with Crippen molar-refractivity contribution in [2.75, 3.05) is 0 Å². The fraction of sp³-hybridized carbons (Fsp3) is 0. The van der Waals surface area contributed by atoms with Crippen molar-refractivity contribution in [3.05, 3.63) is 140 Å². The molecule has 35 heavy (non-hydrogen) atoms. The van der Waals surface area contributed by atoms with E-state index in [0.717, 1.165) is 0 Å². The average Bonchev–Trinajstić information content (AvgIpc) is 2.89. The van der Waals surface area contributed by atoms with Crippen molar-refractivity contribution in [2.45, 2.75) is 0 Å². The summed E-state index contributed by atoms with van der Waals surface area (Å²) >= 11 is 0. The van der Waals surface area contributed by atoms with E-state index in [4.69, 9.17) is 4.74 Å². The smallest absolute Gasteiger partial charge is 0.269 e. The lowest BCUT2D eigenvalue weighted by Crippen LogP contribution is -2.02. The van der Waals surface area contributed by atoms with Gasteiger partial charge in [0.15, 0.2) is 11.6 Å². The van der Waals surface area contributed by atoms with Crippen molar-refractivity contribution in [3.63, 3.8) is 0 Å². The zero-order valence-electron chi connectivity index (χ0n) is 18.0. The summed E-state index contributed by atoms with van der Waals surface area (Å²) < 4.78 is 5.77. The van der Waals surface area contributed by atoms with Crippen LogP contribution in [0.15, 0.2) is 97.1 Å². The molecule has 0 unspecified atom stereocenters. The Hall–Kier alpha value is -5.18. The quantitative estimate of drug-likeness (QED) is 0.183. The molecular formula is C26H16N2O7. The van der Waals surface area contributed by atoms with Gasteiger partial charge in [0.05, 0.1) is 9.85 Å². The number of ketones is 2. The molecule has 0 atom stereocenters. The molecule has 4 aromatic rings. The first kappa shape index (κ1) is 23.0. The number of nitro benzene ring substituents is 2. The number of benzene rings is 4. The fourth-order valence-electron chi connectivity index (χ4n) is 3.29. The lowest BCUT2D eigenvalue weighted by molar-refractivity contribution is -0.385. The molecule has 0 aliphatic heterocycles. The van der Waals surface area contributed by atoms with Crippen molar-refractivity contribution < 1.29 is 24.2 Å². The van der Waals surface area contributed by atoms with Gasteiger partial charge < -0.3 is 4.74 Å². The maximum atomic E-state index is 12.6. The predicted octanol–water partition coefficient (Wildman–Crippen LogP) is 5.76. The monoisotopic (exact) mass is 468 g/mol. The Bertz CT molecular complexity index is 1300. The molecule has 0 fully saturated rings. The number of hydrogen-bond donors (Lipinski definition) is 0. The van der Waals surface area contributed by atoms with E-state index in [1.165, 1.54) is 48.5 Å². The van der Waals surface area contributed by atoms with E-state index in [-0.39, 0.29) is 22.9 Å². The zero-order valence-corrected chi connectivity index (χ0v) is 18.0. The number of ether oxygens (including phenoxy) is 1. The highest BCUT2D eigenvalue weighted by Gasteiger charge is 2.13. The first-order chi connectivity index (χ1) is 16.8. The van der Waals surface area contributed by atoms with Gasteiger partial charge in [-0.3, -0.25) is 29.8 Å². The molecule has 4 aromatic carbocycles. The Morgan fingerprint density at radius 2 is 0.743 bits per heavy atom. The van der Waals surface area contributed by atoms with Gasteiger partial charge in [-0.25, -0.2) is 0 Å². The van der Waals surface area contributed by atoms with Crippen LogP contribution in [-0.4, -0.2) is 21.4 Å². The maximum absolute atomic E-state index is 12.6. The Labute approximate surface area is 198 Å². The first-order valence-electron chi connectivity index (χ1n) is 10.3. The van der Waals surface area contributed by atoms with Crippen LogP contribution < -0.4 is 4.74 Å². The van der Waals surface area contributed by atoms with Gasteiger partial charge in [-0.15, -0.1) is 0 Å². The Balaban J connectivity index is 1.41. The summed E-state index contributed by atoms with van der Waals surface area (Å²) in [5, 5.41) is 21.5. The lowest BCUT2D eigenvalue weighted by atomic mass is 10.0. The van der Waals surface area contributed by atoms with Crippen molar-refractivity contribution in [1.82, 2.24) is 0 Å². The van der Waals surface area contributed by atoms with Gasteiger partial charge in [0.25, 0.3) is 11.4 Å². The van der Waals surface area contributed by atoms with E-state index in [1.54, 1.807) is 48.5 Å². The van der Waals surface area contributed by atoms with E-state index in [0.29, 0.717) is 33.8 Å². The van der Waals surface area contributed by atoms with Crippen molar-refractivity contribution >= 4 is 22.9 Å². The van der Waals surface area contributed by atoms with Gasteiger partial charge in [0, 0.05) is 46.5 Å². The Morgan fingerprint density at radius 3 is 1.00 bits per heavy atom. The number of carbonyl (C=O) groups is 2. The van der Waals surface area contributed by atoms with Crippen LogP contribution in [0.4, 0.5) is 11.4 Å². The molecule has 0 aromatic heterocycles. The molecule has 0 saturated heterocycles. The zero-order chi connectivity index (χ0) is 24.9. The number of rotatable bonds is 8. The molecular weight excluding hydrogens is 452 g/mol. The largest absolute Gasteiger partial charge is 0.457 e. The second-order valence-electron chi connectivity index (χ2n) is 7.42. The first-order valence-corrected chi connectivity index (χ1v) is 10.3. The average molecular weight is 468 g/mol. The van der Waals surface area contributed by atoms with Crippen LogP contribution in [0.3, 0.4) is 0 Å². The summed E-state index contributed by atoms with van der Waals surface area (Å²) in [5.41, 5.74) is 1.28. The standard InChI is InChI=1S/C26H16N2O7/c29-25(17-1-9-21(10-2-17)27(31)32)19-5-13-23(14-6-19)35-24-15-7-20(8-16-24)26(30)18-3-11-22(12-4-18)28(33)34/h1-16H. The Morgan fingerprint density at radius 1 is 0.486 bits per heavy atom. The van der Waals surface area contributed by atoms with Crippen molar-refractivity contribution in [1.29, 1.82) is 0 Å². The van der Waals surface area contributed by atoms with Crippen LogP contribution in [-0.2, 0) is 0 Å². The second kappa shape index (κ2) is 9.75. The molecule has 0 spiro atoms. The molecule has 0 amide bonds. The summed E-state index contributed by atoms with van der Waals surface area (Å²) in [6, 6.07) is 23.6. The number of nitro groups is 2. The van der Waals surface area contributed by atoms with Crippen LogP contribution in [0.1, 0.15) is 31.8 Å². The van der Waals surface area contributed by atoms with Gasteiger partial charge in [-0.1, -0.05) is 0 Å². The third-order valence-corrected chi connectivity index (χ3v) is 5.15. The molecule has 172 valence electrons. The molecule has 0 bridgehead atoms. The molecule has 0 saturated carbocycles. The molecule has 0 aliphatic carbocycles. The van der Waals surface area contributed by atoms with Gasteiger partial charge in [0.2, 0.25) is 0 Å². The minimum absolute atomic E-state index is 0.0919. The molecule has 0 heterocycles. The van der Waals surface area contributed by atoms with Crippen LogP contribution >= 0.6 is 0 Å². The van der Waals surface area contributed by atoms with E-state index in [2.05, 4.69) is 0 Å². The van der Waals surface area contributed by atoms with E-state index >= 15 is 0 Å². The highest BCUT2D eigenvalue weighted by molar-refractivity contribution is 6.09. The normalized spacial score (nSPS) is 10.4. The number of carbonyl (C=O) groups excluding carboxylic acids is 2. The predicted molar refractivity (Wildman–Crippen MR) is 126 cm³/mol. The lowest BCUT2D eigenvalue weighted by Gasteiger charge is -2.08. The summed E-state index contributed by atoms with van der Waals surface area (Å²) in [5.74, 6) is 0.389. The SMILES string of the molecule is O=C(c1ccc(Oc2ccc(C(=O)c3ccc([N+](=O)[O-])cc3)cc2)cc1)c1ccc([N+](=O)[O-])cc1. The maximum Gasteiger partial charge on any atom is 0.269 e. The van der Waals surface area contributed by atoms with Gasteiger partial charge in [-0.05, 0) is 72.8 Å². The van der Waals surface area contributed by atoms with Gasteiger partial charge >= 0.3 is 0 Å². The third kappa shape index (κ3) is 5.25. The van der Waals surface area contributed by atoms with Crippen LogP contribution in [0.2, 0.25) is 0 Å². The molecule has 0 N–H and O–H groups in total. The fourth-order valence-corrected chi connectivity index (χ4v) is 3.29. The van der Waals surface area contributed by atoms with E-state index in [9.17, 15) is 29.8 Å². The highest BCUT2D eigenvalue weighted by Crippen LogP contribution is 2.24. The summed E-state index contributed by atoms with van der Waals surface area (Å²) in [4.78, 5) is 45.6. The summed E-state index contributed by atoms with van der Waals surface area (Å²) in [6.45, 7) is 0. The van der Waals surface area contributed by atoms with E-state index < -0.39 is 9.85 Å². The molecule has 4 rings (SSSR count).